The maximum Gasteiger partial charge on any atom is 0.313 e. The molecule has 0 saturated heterocycles. The molecule has 2 heterocycles. The maximum atomic E-state index is 10.7. The van der Waals surface area contributed by atoms with Crippen LogP contribution in [0.3, 0.4) is 0 Å². The molecule has 0 aromatic carbocycles. The zero-order valence-electron chi connectivity index (χ0n) is 10.4. The summed E-state index contributed by atoms with van der Waals surface area (Å²) in [5, 5.41) is 17.7. The molecule has 0 unspecified atom stereocenters. The fourth-order valence-electron chi connectivity index (χ4n) is 1.91. The Morgan fingerprint density at radius 2 is 2.32 bits per heavy atom. The number of hydrogen-bond acceptors (Lipinski definition) is 5. The van der Waals surface area contributed by atoms with Gasteiger partial charge in [0.2, 0.25) is 0 Å². The molecule has 7 nitrogen and oxygen atoms in total. The molecule has 0 radical (unpaired) electrons. The topological polar surface area (TPSA) is 85.8 Å². The van der Waals surface area contributed by atoms with Crippen LogP contribution >= 0.6 is 11.8 Å². The number of carboxylic acid groups (broad SMARTS) is 1. The summed E-state index contributed by atoms with van der Waals surface area (Å²) in [4.78, 5) is 14.7. The highest BCUT2D eigenvalue weighted by Gasteiger charge is 2.31. The van der Waals surface area contributed by atoms with E-state index in [1.54, 1.807) is 12.5 Å². The summed E-state index contributed by atoms with van der Waals surface area (Å²) in [5.41, 5.74) is 0.890. The summed E-state index contributed by atoms with van der Waals surface area (Å²) in [6.07, 6.45) is 5.63. The quantitative estimate of drug-likeness (QED) is 0.827. The van der Waals surface area contributed by atoms with Gasteiger partial charge in [-0.3, -0.25) is 9.36 Å². The number of carbonyl (C=O) groups is 1. The predicted molar refractivity (Wildman–Crippen MR) is 68.9 cm³/mol. The molecule has 0 atom stereocenters. The van der Waals surface area contributed by atoms with E-state index in [1.807, 2.05) is 16.2 Å². The monoisotopic (exact) mass is 279 g/mol. The normalized spacial score (nSPS) is 14.8. The minimum absolute atomic E-state index is 0.00373. The van der Waals surface area contributed by atoms with Gasteiger partial charge in [0, 0.05) is 13.1 Å². The highest BCUT2D eigenvalue weighted by atomic mass is 32.2. The number of rotatable bonds is 5. The zero-order chi connectivity index (χ0) is 13.4. The van der Waals surface area contributed by atoms with Gasteiger partial charge in [-0.1, -0.05) is 11.8 Å². The van der Waals surface area contributed by atoms with E-state index in [4.69, 9.17) is 5.11 Å². The van der Waals surface area contributed by atoms with Gasteiger partial charge in [-0.05, 0) is 12.8 Å². The van der Waals surface area contributed by atoms with Crippen LogP contribution in [0.4, 0.5) is 0 Å². The van der Waals surface area contributed by atoms with Gasteiger partial charge in [0.15, 0.2) is 11.0 Å². The van der Waals surface area contributed by atoms with Crippen LogP contribution in [-0.4, -0.2) is 41.1 Å². The van der Waals surface area contributed by atoms with Crippen LogP contribution in [0.15, 0.2) is 17.7 Å². The molecule has 1 fully saturated rings. The molecule has 1 N–H and O–H groups in total. The number of nitrogens with zero attached hydrogens (tertiary/aromatic N) is 5. The molecule has 2 aromatic rings. The van der Waals surface area contributed by atoms with Crippen molar-refractivity contribution in [3.63, 3.8) is 0 Å². The third kappa shape index (κ3) is 2.35. The van der Waals surface area contributed by atoms with Crippen LogP contribution in [0, 0.1) is 0 Å². The van der Waals surface area contributed by atoms with Crippen molar-refractivity contribution >= 4 is 17.7 Å². The Kier molecular flexibility index (Phi) is 3.02. The average molecular weight is 279 g/mol. The summed E-state index contributed by atoms with van der Waals surface area (Å²) in [7, 11) is 1.90. The van der Waals surface area contributed by atoms with Crippen LogP contribution in [-0.2, 0) is 11.8 Å². The SMILES string of the molecule is Cn1cncc1-c1nnc(SCC(=O)O)n1C1CC1. The maximum absolute atomic E-state index is 10.7. The lowest BCUT2D eigenvalue weighted by Gasteiger charge is -2.08. The fourth-order valence-corrected chi connectivity index (χ4v) is 2.64. The number of imidazole rings is 1. The molecule has 1 aliphatic rings. The van der Waals surface area contributed by atoms with Crippen LogP contribution in [0.25, 0.3) is 11.5 Å². The number of thioether (sulfide) groups is 1. The molecule has 3 rings (SSSR count). The second kappa shape index (κ2) is 4.69. The Morgan fingerprint density at radius 3 is 2.89 bits per heavy atom. The smallest absolute Gasteiger partial charge is 0.313 e. The van der Waals surface area contributed by atoms with E-state index in [2.05, 4.69) is 15.2 Å². The Bertz CT molecular complexity index is 616. The van der Waals surface area contributed by atoms with Crippen molar-refractivity contribution < 1.29 is 9.90 Å². The highest BCUT2D eigenvalue weighted by Crippen LogP contribution is 2.40. The lowest BCUT2D eigenvalue weighted by molar-refractivity contribution is -0.133. The Balaban J connectivity index is 1.97. The molecular formula is C11H13N5O2S. The van der Waals surface area contributed by atoms with Crippen molar-refractivity contribution in [1.82, 2.24) is 24.3 Å². The number of aryl methyl sites for hydroxylation is 1. The molecule has 0 aliphatic heterocycles. The average Bonchev–Trinajstić information content (AvgIpc) is 2.98. The number of aliphatic carboxylic acids is 1. The van der Waals surface area contributed by atoms with Gasteiger partial charge in [-0.25, -0.2) is 4.98 Å². The van der Waals surface area contributed by atoms with Crippen LogP contribution < -0.4 is 0 Å². The van der Waals surface area contributed by atoms with Crippen molar-refractivity contribution in [2.45, 2.75) is 24.0 Å². The Labute approximate surface area is 113 Å². The largest absolute Gasteiger partial charge is 0.481 e. The zero-order valence-corrected chi connectivity index (χ0v) is 11.2. The van der Waals surface area contributed by atoms with Crippen molar-refractivity contribution in [2.75, 3.05) is 5.75 Å². The van der Waals surface area contributed by atoms with Crippen LogP contribution in [0.5, 0.6) is 0 Å². The summed E-state index contributed by atoms with van der Waals surface area (Å²) < 4.78 is 3.92. The number of aromatic nitrogens is 5. The summed E-state index contributed by atoms with van der Waals surface area (Å²) >= 11 is 1.21. The minimum atomic E-state index is -0.850. The van der Waals surface area contributed by atoms with Crippen molar-refractivity contribution in [2.24, 2.45) is 7.05 Å². The summed E-state index contributed by atoms with van der Waals surface area (Å²) in [5.74, 6) is -0.0937. The van der Waals surface area contributed by atoms with Gasteiger partial charge in [0.05, 0.1) is 18.3 Å². The number of hydrogen-bond donors (Lipinski definition) is 1. The molecule has 2 aromatic heterocycles. The molecule has 0 bridgehead atoms. The first-order valence-corrected chi connectivity index (χ1v) is 6.91. The minimum Gasteiger partial charge on any atom is -0.481 e. The lowest BCUT2D eigenvalue weighted by atomic mass is 10.4. The van der Waals surface area contributed by atoms with Crippen molar-refractivity contribution in [3.8, 4) is 11.5 Å². The molecular weight excluding hydrogens is 266 g/mol. The van der Waals surface area contributed by atoms with E-state index >= 15 is 0 Å². The first-order chi connectivity index (χ1) is 9.16. The standard InChI is InChI=1S/C11H13N5O2S/c1-15-6-12-4-8(15)10-13-14-11(19-5-9(17)18)16(10)7-2-3-7/h4,6-7H,2-3,5H2,1H3,(H,17,18). The van der Waals surface area contributed by atoms with Gasteiger partial charge in [0.1, 0.15) is 5.69 Å². The van der Waals surface area contributed by atoms with Gasteiger partial charge < -0.3 is 9.67 Å². The lowest BCUT2D eigenvalue weighted by Crippen LogP contribution is -2.04. The van der Waals surface area contributed by atoms with Crippen molar-refractivity contribution in [1.29, 1.82) is 0 Å². The van der Waals surface area contributed by atoms with Crippen LogP contribution in [0.2, 0.25) is 0 Å². The Hall–Kier alpha value is -1.83. The third-order valence-corrected chi connectivity index (χ3v) is 3.87. The third-order valence-electron chi connectivity index (χ3n) is 2.95. The molecule has 0 spiro atoms. The molecule has 0 amide bonds. The second-order valence-electron chi connectivity index (χ2n) is 4.48. The van der Waals surface area contributed by atoms with Gasteiger partial charge in [-0.2, -0.15) is 0 Å². The van der Waals surface area contributed by atoms with E-state index in [0.717, 1.165) is 24.4 Å². The van der Waals surface area contributed by atoms with Crippen molar-refractivity contribution in [3.05, 3.63) is 12.5 Å². The van der Waals surface area contributed by atoms with E-state index in [1.165, 1.54) is 11.8 Å². The van der Waals surface area contributed by atoms with E-state index in [9.17, 15) is 4.79 Å². The number of carboxylic acids is 1. The van der Waals surface area contributed by atoms with E-state index < -0.39 is 5.97 Å². The first-order valence-electron chi connectivity index (χ1n) is 5.93. The predicted octanol–water partition coefficient (Wildman–Crippen LogP) is 1.19. The molecule has 8 heteroatoms. The molecule has 1 aliphatic carbocycles. The van der Waals surface area contributed by atoms with Gasteiger partial charge in [0.25, 0.3) is 0 Å². The Morgan fingerprint density at radius 1 is 1.53 bits per heavy atom. The first kappa shape index (κ1) is 12.2. The van der Waals surface area contributed by atoms with E-state index in [0.29, 0.717) is 11.2 Å². The van der Waals surface area contributed by atoms with Gasteiger partial charge >= 0.3 is 5.97 Å². The summed E-state index contributed by atoms with van der Waals surface area (Å²) in [6.45, 7) is 0. The van der Waals surface area contributed by atoms with Gasteiger partial charge in [-0.15, -0.1) is 10.2 Å². The summed E-state index contributed by atoms with van der Waals surface area (Å²) in [6, 6.07) is 0.385. The van der Waals surface area contributed by atoms with E-state index in [-0.39, 0.29) is 5.75 Å². The molecule has 100 valence electrons. The van der Waals surface area contributed by atoms with Crippen LogP contribution in [0.1, 0.15) is 18.9 Å². The second-order valence-corrected chi connectivity index (χ2v) is 5.42. The molecule has 1 saturated carbocycles. The fraction of sp³-hybridized carbons (Fsp3) is 0.455. The highest BCUT2D eigenvalue weighted by molar-refractivity contribution is 7.99. The molecule has 19 heavy (non-hydrogen) atoms.